The fourth-order valence-corrected chi connectivity index (χ4v) is 3.43. The lowest BCUT2D eigenvalue weighted by Gasteiger charge is -2.34. The van der Waals surface area contributed by atoms with Gasteiger partial charge in [0.2, 0.25) is 5.91 Å². The molecule has 1 aromatic rings. The lowest BCUT2D eigenvalue weighted by molar-refractivity contribution is -0.129. The first-order valence-corrected chi connectivity index (χ1v) is 8.02. The highest BCUT2D eigenvalue weighted by molar-refractivity contribution is 5.76. The maximum atomic E-state index is 11.9. The average molecular weight is 288 g/mol. The molecule has 1 N–H and O–H groups in total. The number of benzene rings is 1. The summed E-state index contributed by atoms with van der Waals surface area (Å²) in [6.07, 6.45) is 6.63. The van der Waals surface area contributed by atoms with Crippen LogP contribution in [0.3, 0.4) is 0 Å². The van der Waals surface area contributed by atoms with Crippen molar-refractivity contribution in [3.05, 3.63) is 35.9 Å². The van der Waals surface area contributed by atoms with Crippen molar-refractivity contribution in [3.63, 3.8) is 0 Å². The minimum absolute atomic E-state index is 0.174. The zero-order valence-corrected chi connectivity index (χ0v) is 13.6. The first kappa shape index (κ1) is 16.0. The van der Waals surface area contributed by atoms with E-state index in [9.17, 15) is 4.79 Å². The molecule has 1 fully saturated rings. The van der Waals surface area contributed by atoms with Crippen LogP contribution in [0.1, 0.15) is 44.6 Å². The number of nitrogens with one attached hydrogen (secondary N) is 1. The first-order chi connectivity index (χ1) is 10.0. The van der Waals surface area contributed by atoms with Crippen LogP contribution in [0.25, 0.3) is 0 Å². The van der Waals surface area contributed by atoms with E-state index in [0.717, 1.165) is 6.42 Å². The zero-order valence-electron chi connectivity index (χ0n) is 13.6. The van der Waals surface area contributed by atoms with Crippen molar-refractivity contribution >= 4 is 5.91 Å². The van der Waals surface area contributed by atoms with Crippen molar-refractivity contribution in [2.45, 2.75) is 57.0 Å². The van der Waals surface area contributed by atoms with Gasteiger partial charge < -0.3 is 10.2 Å². The van der Waals surface area contributed by atoms with Crippen molar-refractivity contribution in [2.75, 3.05) is 14.1 Å². The Hall–Kier alpha value is -1.35. The highest BCUT2D eigenvalue weighted by atomic mass is 16.2. The summed E-state index contributed by atoms with van der Waals surface area (Å²) in [4.78, 5) is 13.6. The second-order valence-corrected chi connectivity index (χ2v) is 6.69. The van der Waals surface area contributed by atoms with Crippen molar-refractivity contribution < 1.29 is 4.79 Å². The zero-order chi connectivity index (χ0) is 15.3. The molecule has 0 unspecified atom stereocenters. The topological polar surface area (TPSA) is 32.3 Å². The molecule has 1 saturated carbocycles. The number of hydrogen-bond donors (Lipinski definition) is 1. The van der Waals surface area contributed by atoms with Crippen LogP contribution >= 0.6 is 0 Å². The van der Waals surface area contributed by atoms with Gasteiger partial charge in [0.1, 0.15) is 0 Å². The predicted molar refractivity (Wildman–Crippen MR) is 87.3 cm³/mol. The van der Waals surface area contributed by atoms with Gasteiger partial charge in [0, 0.05) is 32.1 Å². The van der Waals surface area contributed by atoms with E-state index in [2.05, 4.69) is 42.6 Å². The number of nitrogens with zero attached hydrogens (tertiary/aromatic N) is 1. The lowest BCUT2D eigenvalue weighted by atomic mass is 9.88. The summed E-state index contributed by atoms with van der Waals surface area (Å²) in [5.74, 6) is 0.197. The summed E-state index contributed by atoms with van der Waals surface area (Å²) >= 11 is 0. The van der Waals surface area contributed by atoms with E-state index in [0.29, 0.717) is 6.42 Å². The van der Waals surface area contributed by atoms with E-state index in [1.807, 2.05) is 14.1 Å². The van der Waals surface area contributed by atoms with E-state index < -0.39 is 0 Å². The molecular weight excluding hydrogens is 260 g/mol. The van der Waals surface area contributed by atoms with E-state index in [4.69, 9.17) is 0 Å². The quantitative estimate of drug-likeness (QED) is 0.873. The van der Waals surface area contributed by atoms with Gasteiger partial charge in [-0.3, -0.25) is 4.79 Å². The van der Waals surface area contributed by atoms with Gasteiger partial charge >= 0.3 is 0 Å². The first-order valence-electron chi connectivity index (χ1n) is 8.02. The van der Waals surface area contributed by atoms with E-state index >= 15 is 0 Å². The molecular formula is C18H28N2O. The summed E-state index contributed by atoms with van der Waals surface area (Å²) in [5.41, 5.74) is 1.56. The molecule has 0 aliphatic heterocycles. The van der Waals surface area contributed by atoms with Gasteiger partial charge in [-0.15, -0.1) is 0 Å². The summed E-state index contributed by atoms with van der Waals surface area (Å²) < 4.78 is 0. The summed E-state index contributed by atoms with van der Waals surface area (Å²) in [5, 5.41) is 3.78. The van der Waals surface area contributed by atoms with Crippen LogP contribution in [0.15, 0.2) is 30.3 Å². The smallest absolute Gasteiger partial charge is 0.223 e. The molecule has 2 rings (SSSR count). The van der Waals surface area contributed by atoms with Crippen LogP contribution in [0.2, 0.25) is 0 Å². The fraction of sp³-hybridized carbons (Fsp3) is 0.611. The van der Waals surface area contributed by atoms with Crippen LogP contribution in [0.4, 0.5) is 0 Å². The van der Waals surface area contributed by atoms with Gasteiger partial charge in [-0.05, 0) is 31.7 Å². The largest absolute Gasteiger partial charge is 0.349 e. The predicted octanol–water partition coefficient (Wildman–Crippen LogP) is 3.00. The van der Waals surface area contributed by atoms with Gasteiger partial charge in [0.25, 0.3) is 0 Å². The third-order valence-electron chi connectivity index (χ3n) is 4.48. The maximum Gasteiger partial charge on any atom is 0.223 e. The number of carbonyl (C=O) groups excluding carboxylic acids is 1. The van der Waals surface area contributed by atoms with Gasteiger partial charge in [-0.2, -0.15) is 0 Å². The minimum Gasteiger partial charge on any atom is -0.349 e. The SMILES string of the molecule is C[C@@H](CC(=O)N(C)C)NC1(Cc2ccccc2)CCCC1. The van der Waals surface area contributed by atoms with Crippen LogP contribution in [0.5, 0.6) is 0 Å². The number of rotatable bonds is 6. The molecule has 0 spiro atoms. The van der Waals surface area contributed by atoms with Crippen molar-refractivity contribution in [1.29, 1.82) is 0 Å². The third kappa shape index (κ3) is 4.57. The Kier molecular flexibility index (Phi) is 5.40. The van der Waals surface area contributed by atoms with Gasteiger partial charge in [-0.25, -0.2) is 0 Å². The molecule has 0 saturated heterocycles. The number of carbonyl (C=O) groups is 1. The summed E-state index contributed by atoms with van der Waals surface area (Å²) in [6, 6.07) is 10.9. The number of hydrogen-bond acceptors (Lipinski definition) is 2. The maximum absolute atomic E-state index is 11.9. The molecule has 0 heterocycles. The Labute approximate surface area is 128 Å². The molecule has 3 heteroatoms. The van der Waals surface area contributed by atoms with Crippen molar-refractivity contribution in [2.24, 2.45) is 0 Å². The molecule has 0 aromatic heterocycles. The van der Waals surface area contributed by atoms with Gasteiger partial charge in [0.05, 0.1) is 0 Å². The Morgan fingerprint density at radius 1 is 1.24 bits per heavy atom. The lowest BCUT2D eigenvalue weighted by Crippen LogP contribution is -2.50. The standard InChI is InChI=1S/C18H28N2O/c1-15(13-17(21)20(2)3)19-18(11-7-8-12-18)14-16-9-5-4-6-10-16/h4-6,9-10,15,19H,7-8,11-14H2,1-3H3/t15-/m0/s1. The minimum atomic E-state index is 0.174. The second kappa shape index (κ2) is 7.08. The summed E-state index contributed by atoms with van der Waals surface area (Å²) in [7, 11) is 3.65. The molecule has 0 bridgehead atoms. The molecule has 1 aliphatic carbocycles. The van der Waals surface area contributed by atoms with Crippen LogP contribution in [0, 0.1) is 0 Å². The second-order valence-electron chi connectivity index (χ2n) is 6.69. The molecule has 1 aliphatic rings. The molecule has 21 heavy (non-hydrogen) atoms. The third-order valence-corrected chi connectivity index (χ3v) is 4.48. The van der Waals surface area contributed by atoms with Gasteiger partial charge in [-0.1, -0.05) is 43.2 Å². The normalized spacial score (nSPS) is 18.4. The van der Waals surface area contributed by atoms with E-state index in [1.165, 1.54) is 31.2 Å². The molecule has 0 radical (unpaired) electrons. The van der Waals surface area contributed by atoms with Crippen LogP contribution in [-0.2, 0) is 11.2 Å². The monoisotopic (exact) mass is 288 g/mol. The van der Waals surface area contributed by atoms with E-state index in [1.54, 1.807) is 4.90 Å². The highest BCUT2D eigenvalue weighted by Crippen LogP contribution is 2.33. The van der Waals surface area contributed by atoms with E-state index in [-0.39, 0.29) is 17.5 Å². The molecule has 3 nitrogen and oxygen atoms in total. The van der Waals surface area contributed by atoms with Crippen LogP contribution in [-0.4, -0.2) is 36.5 Å². The van der Waals surface area contributed by atoms with Crippen molar-refractivity contribution in [1.82, 2.24) is 10.2 Å². The Balaban J connectivity index is 2.00. The Morgan fingerprint density at radius 3 is 2.43 bits per heavy atom. The highest BCUT2D eigenvalue weighted by Gasteiger charge is 2.35. The average Bonchev–Trinajstić information content (AvgIpc) is 2.87. The Bertz CT molecular complexity index is 450. The molecule has 1 atom stereocenters. The molecule has 116 valence electrons. The number of amides is 1. The fourth-order valence-electron chi connectivity index (χ4n) is 3.43. The van der Waals surface area contributed by atoms with Crippen LogP contribution < -0.4 is 5.32 Å². The Morgan fingerprint density at radius 2 is 1.86 bits per heavy atom. The molecule has 1 amide bonds. The van der Waals surface area contributed by atoms with Crippen molar-refractivity contribution in [3.8, 4) is 0 Å². The molecule has 1 aromatic carbocycles. The van der Waals surface area contributed by atoms with Gasteiger partial charge in [0.15, 0.2) is 0 Å². The summed E-state index contributed by atoms with van der Waals surface area (Å²) in [6.45, 7) is 2.13.